The second kappa shape index (κ2) is 12.7. The number of aliphatic hydroxyl groups is 7. The number of nitrogens with zero attached hydrogens (tertiary/aromatic N) is 2. The number of rotatable bonds is 9. The van der Waals surface area contributed by atoms with E-state index in [1.54, 1.807) is 0 Å². The van der Waals surface area contributed by atoms with Crippen LogP contribution in [0.5, 0.6) is 0 Å². The number of hydrogen-bond donors (Lipinski definition) is 12. The maximum absolute atomic E-state index is 12.1. The summed E-state index contributed by atoms with van der Waals surface area (Å²) in [5.41, 5.74) is 19.4. The first-order valence-electron chi connectivity index (χ1n) is 12.4. The van der Waals surface area contributed by atoms with Crippen molar-refractivity contribution in [2.75, 3.05) is 13.7 Å². The molecule has 3 fully saturated rings. The molecule has 230 valence electrons. The predicted molar refractivity (Wildman–Crippen MR) is 133 cm³/mol. The van der Waals surface area contributed by atoms with Gasteiger partial charge in [0.2, 0.25) is 0 Å². The molecule has 0 radical (unpaired) electrons. The van der Waals surface area contributed by atoms with E-state index in [0.717, 1.165) is 0 Å². The van der Waals surface area contributed by atoms with E-state index in [2.05, 4.69) is 15.3 Å². The summed E-state index contributed by atoms with van der Waals surface area (Å²) in [5.74, 6) is -1.03. The Labute approximate surface area is 228 Å². The first-order valence-corrected chi connectivity index (χ1v) is 12.4. The van der Waals surface area contributed by atoms with Crippen LogP contribution in [0.25, 0.3) is 0 Å². The molecule has 0 aromatic carbocycles. The molecule has 0 amide bonds. The summed E-state index contributed by atoms with van der Waals surface area (Å²) in [6.07, 6.45) is -17.3. The van der Waals surface area contributed by atoms with E-state index in [1.165, 1.54) is 14.0 Å². The third kappa shape index (κ3) is 6.00. The standard InChI is InChI=1S/C21H39N7O12/c1-5-21(36,4-30)16(40-17-9(26-2)13(34)10(31)6(3-29)38-17)18(37-5)39-15-8(28-20(24)25)11(32)7(27-19(22)23)12(33)14(15)35/h4-18,26,29,31-36H,3H2,1-2H3,(H4,22,23,27)(H4,24,25,28)/t5-,6-,7+,8-,9?,10-,11+,12-,13?,14+,15?,16?,17?,18?,21+/m0/s1. The molecule has 40 heavy (non-hydrogen) atoms. The SMILES string of the molecule is CNC1C(OC2C(OC3[C@@H](N=C(N)N)[C@H](O)[C@@H](N=C(N)N)[C@H](O)[C@H]3O)O[C@@H](C)[C@]2(O)C=O)O[C@@H](CO)[C@H](O)C1O. The lowest BCUT2D eigenvalue weighted by Crippen LogP contribution is -2.66. The number of nitrogens with two attached hydrogens (primary N) is 4. The van der Waals surface area contributed by atoms with Gasteiger partial charge in [-0.25, -0.2) is 9.98 Å². The monoisotopic (exact) mass is 581 g/mol. The predicted octanol–water partition coefficient (Wildman–Crippen LogP) is -8.16. The molecular weight excluding hydrogens is 542 g/mol. The van der Waals surface area contributed by atoms with E-state index in [0.29, 0.717) is 0 Å². The maximum Gasteiger partial charge on any atom is 0.188 e. The van der Waals surface area contributed by atoms with Crippen LogP contribution >= 0.6 is 0 Å². The van der Waals surface area contributed by atoms with E-state index < -0.39 is 110 Å². The Balaban J connectivity index is 1.96. The minimum atomic E-state index is -2.38. The zero-order chi connectivity index (χ0) is 30.1. The molecule has 0 spiro atoms. The van der Waals surface area contributed by atoms with Gasteiger partial charge in [0.25, 0.3) is 0 Å². The molecule has 1 aliphatic carbocycles. The van der Waals surface area contributed by atoms with Crippen LogP contribution in [0.2, 0.25) is 0 Å². The number of carbonyl (C=O) groups is 1. The summed E-state index contributed by atoms with van der Waals surface area (Å²) in [7, 11) is 1.42. The summed E-state index contributed by atoms with van der Waals surface area (Å²) >= 11 is 0. The Hall–Kier alpha value is -2.27. The van der Waals surface area contributed by atoms with Crippen molar-refractivity contribution in [2.24, 2.45) is 32.9 Å². The second-order valence-electron chi connectivity index (χ2n) is 9.89. The number of ether oxygens (including phenoxy) is 4. The number of guanidine groups is 2. The minimum absolute atomic E-state index is 0.140. The number of hydrogen-bond acceptors (Lipinski definition) is 15. The number of aliphatic imine (C=N–C) groups is 2. The lowest BCUT2D eigenvalue weighted by Gasteiger charge is -2.45. The molecule has 0 bridgehead atoms. The van der Waals surface area contributed by atoms with E-state index in [4.69, 9.17) is 41.9 Å². The fourth-order valence-electron chi connectivity index (χ4n) is 5.08. The summed E-state index contributed by atoms with van der Waals surface area (Å²) in [4.78, 5) is 19.7. The van der Waals surface area contributed by atoms with Crippen molar-refractivity contribution in [3.8, 4) is 0 Å². The van der Waals surface area contributed by atoms with Crippen molar-refractivity contribution in [1.29, 1.82) is 0 Å². The van der Waals surface area contributed by atoms with Crippen LogP contribution in [0.1, 0.15) is 6.92 Å². The largest absolute Gasteiger partial charge is 0.394 e. The quantitative estimate of drug-likeness (QED) is 0.0682. The van der Waals surface area contributed by atoms with Gasteiger partial charge < -0.3 is 82.9 Å². The fourth-order valence-corrected chi connectivity index (χ4v) is 5.08. The van der Waals surface area contributed by atoms with Crippen LogP contribution in [0.15, 0.2) is 9.98 Å². The molecule has 2 aliphatic heterocycles. The Kier molecular flexibility index (Phi) is 10.2. The average Bonchev–Trinajstić information content (AvgIpc) is 3.13. The molecule has 16 N–H and O–H groups in total. The topological polar surface area (TPSA) is 336 Å². The van der Waals surface area contributed by atoms with E-state index in [1.807, 2.05) is 0 Å². The third-order valence-electron chi connectivity index (χ3n) is 7.34. The number of aldehydes is 1. The lowest BCUT2D eigenvalue weighted by atomic mass is 9.81. The summed E-state index contributed by atoms with van der Waals surface area (Å²) in [6, 6.07) is -4.08. The normalized spacial score (nSPS) is 47.4. The number of likely N-dealkylation sites (N-methyl/N-ethyl adjacent to an activating group) is 1. The molecule has 6 unspecified atom stereocenters. The van der Waals surface area contributed by atoms with Crippen LogP contribution in [-0.2, 0) is 23.7 Å². The Morgan fingerprint density at radius 2 is 1.50 bits per heavy atom. The molecule has 15 atom stereocenters. The molecule has 0 aromatic rings. The average molecular weight is 582 g/mol. The minimum Gasteiger partial charge on any atom is -0.394 e. The Bertz CT molecular complexity index is 940. The van der Waals surface area contributed by atoms with E-state index in [9.17, 15) is 40.5 Å². The van der Waals surface area contributed by atoms with Gasteiger partial charge in [-0.05, 0) is 14.0 Å². The second-order valence-corrected chi connectivity index (χ2v) is 9.89. The van der Waals surface area contributed by atoms with Crippen LogP contribution in [0.4, 0.5) is 0 Å². The van der Waals surface area contributed by atoms with Crippen molar-refractivity contribution in [2.45, 2.75) is 98.2 Å². The number of carbonyl (C=O) groups excluding carboxylic acids is 1. The van der Waals surface area contributed by atoms with Gasteiger partial charge >= 0.3 is 0 Å². The van der Waals surface area contributed by atoms with Gasteiger partial charge in [-0.2, -0.15) is 0 Å². The van der Waals surface area contributed by atoms with Gasteiger partial charge in [-0.3, -0.25) is 4.79 Å². The van der Waals surface area contributed by atoms with Gasteiger partial charge in [0.05, 0.1) is 18.8 Å². The zero-order valence-corrected chi connectivity index (χ0v) is 21.7. The van der Waals surface area contributed by atoms with Crippen molar-refractivity contribution >= 4 is 18.2 Å². The van der Waals surface area contributed by atoms with Crippen LogP contribution < -0.4 is 28.3 Å². The van der Waals surface area contributed by atoms with Gasteiger partial charge in [0.1, 0.15) is 60.9 Å². The first kappa shape index (κ1) is 32.2. The van der Waals surface area contributed by atoms with E-state index >= 15 is 0 Å². The molecule has 19 heteroatoms. The highest BCUT2D eigenvalue weighted by molar-refractivity contribution is 5.76. The van der Waals surface area contributed by atoms with Crippen LogP contribution in [0.3, 0.4) is 0 Å². The molecule has 2 saturated heterocycles. The van der Waals surface area contributed by atoms with Crippen molar-refractivity contribution in [1.82, 2.24) is 5.32 Å². The molecule has 19 nitrogen and oxygen atoms in total. The highest BCUT2D eigenvalue weighted by atomic mass is 16.8. The highest BCUT2D eigenvalue weighted by Gasteiger charge is 2.60. The molecular formula is C21H39N7O12. The third-order valence-corrected chi connectivity index (χ3v) is 7.34. The Morgan fingerprint density at radius 1 is 0.900 bits per heavy atom. The Morgan fingerprint density at radius 3 is 2.02 bits per heavy atom. The molecule has 3 aliphatic rings. The smallest absolute Gasteiger partial charge is 0.188 e. The van der Waals surface area contributed by atoms with Gasteiger partial charge in [-0.1, -0.05) is 0 Å². The molecule has 1 saturated carbocycles. The molecule has 0 aromatic heterocycles. The zero-order valence-electron chi connectivity index (χ0n) is 21.7. The number of aliphatic hydroxyl groups excluding tert-OH is 6. The lowest BCUT2D eigenvalue weighted by molar-refractivity contribution is -0.314. The first-order chi connectivity index (χ1) is 18.7. The summed E-state index contributed by atoms with van der Waals surface area (Å²) in [5, 5.41) is 76.6. The maximum atomic E-state index is 12.1. The van der Waals surface area contributed by atoms with Crippen molar-refractivity contribution < 1.29 is 59.5 Å². The van der Waals surface area contributed by atoms with Crippen molar-refractivity contribution in [3.63, 3.8) is 0 Å². The summed E-state index contributed by atoms with van der Waals surface area (Å²) in [6.45, 7) is 0.620. The van der Waals surface area contributed by atoms with Gasteiger partial charge in [0.15, 0.2) is 36.4 Å². The summed E-state index contributed by atoms with van der Waals surface area (Å²) < 4.78 is 22.9. The fraction of sp³-hybridized carbons (Fsp3) is 0.857. The molecule has 2 heterocycles. The van der Waals surface area contributed by atoms with Gasteiger partial charge in [-0.15, -0.1) is 0 Å². The van der Waals surface area contributed by atoms with Crippen LogP contribution in [-0.4, -0.2) is 159 Å². The number of nitrogens with one attached hydrogen (secondary N) is 1. The van der Waals surface area contributed by atoms with Crippen LogP contribution in [0, 0.1) is 0 Å². The van der Waals surface area contributed by atoms with E-state index in [-0.39, 0.29) is 6.29 Å². The van der Waals surface area contributed by atoms with Gasteiger partial charge in [0, 0.05) is 0 Å². The highest BCUT2D eigenvalue weighted by Crippen LogP contribution is 2.38. The molecule has 3 rings (SSSR count). The van der Waals surface area contributed by atoms with Crippen molar-refractivity contribution in [3.05, 3.63) is 0 Å².